The SMILES string of the molecule is CC(C)NC(=O)C1CCCC(Nc2noc(-c3ccccc3)n2)C1. The van der Waals surface area contributed by atoms with Crippen molar-refractivity contribution in [2.45, 2.75) is 51.6 Å². The first-order chi connectivity index (χ1) is 11.6. The second-order valence-electron chi connectivity index (χ2n) is 6.66. The summed E-state index contributed by atoms with van der Waals surface area (Å²) in [6.45, 7) is 3.97. The fourth-order valence-corrected chi connectivity index (χ4v) is 3.12. The van der Waals surface area contributed by atoms with Crippen LogP contribution in [0, 0.1) is 5.92 Å². The third-order valence-corrected chi connectivity index (χ3v) is 4.26. The normalized spacial score (nSPS) is 20.8. The monoisotopic (exact) mass is 328 g/mol. The van der Waals surface area contributed by atoms with Crippen molar-refractivity contribution >= 4 is 11.9 Å². The molecule has 0 aliphatic heterocycles. The van der Waals surface area contributed by atoms with Crippen LogP contribution in [-0.2, 0) is 4.79 Å². The highest BCUT2D eigenvalue weighted by atomic mass is 16.5. The molecule has 1 amide bonds. The maximum atomic E-state index is 12.2. The third-order valence-electron chi connectivity index (χ3n) is 4.26. The minimum atomic E-state index is 0.0548. The number of benzene rings is 1. The van der Waals surface area contributed by atoms with Crippen LogP contribution in [0.1, 0.15) is 39.5 Å². The van der Waals surface area contributed by atoms with Gasteiger partial charge in [-0.3, -0.25) is 4.79 Å². The van der Waals surface area contributed by atoms with E-state index in [2.05, 4.69) is 20.8 Å². The van der Waals surface area contributed by atoms with Gasteiger partial charge in [0.05, 0.1) is 0 Å². The lowest BCUT2D eigenvalue weighted by Gasteiger charge is -2.29. The molecule has 2 aromatic rings. The molecule has 0 spiro atoms. The van der Waals surface area contributed by atoms with Crippen molar-refractivity contribution in [3.05, 3.63) is 30.3 Å². The number of carbonyl (C=O) groups excluding carboxylic acids is 1. The molecule has 128 valence electrons. The molecule has 1 heterocycles. The van der Waals surface area contributed by atoms with E-state index in [1.807, 2.05) is 44.2 Å². The highest BCUT2D eigenvalue weighted by Crippen LogP contribution is 2.27. The Morgan fingerprint density at radius 3 is 2.79 bits per heavy atom. The second-order valence-corrected chi connectivity index (χ2v) is 6.66. The van der Waals surface area contributed by atoms with Crippen LogP contribution in [0.5, 0.6) is 0 Å². The summed E-state index contributed by atoms with van der Waals surface area (Å²) >= 11 is 0. The Morgan fingerprint density at radius 1 is 1.25 bits per heavy atom. The van der Waals surface area contributed by atoms with Gasteiger partial charge in [0.25, 0.3) is 11.8 Å². The molecule has 2 atom stereocenters. The maximum Gasteiger partial charge on any atom is 0.263 e. The standard InChI is InChI=1S/C18H24N4O2/c1-12(2)19-16(23)14-9-6-10-15(11-14)20-18-21-17(24-22-18)13-7-4-3-5-8-13/h3-5,7-8,12,14-15H,6,9-11H2,1-2H3,(H,19,23)(H,20,22). The van der Waals surface area contributed by atoms with Crippen molar-refractivity contribution in [2.24, 2.45) is 5.92 Å². The first kappa shape index (κ1) is 16.5. The number of rotatable bonds is 5. The quantitative estimate of drug-likeness (QED) is 0.881. The van der Waals surface area contributed by atoms with Gasteiger partial charge >= 0.3 is 0 Å². The van der Waals surface area contributed by atoms with Gasteiger partial charge in [-0.15, -0.1) is 0 Å². The summed E-state index contributed by atoms with van der Waals surface area (Å²) < 4.78 is 5.32. The van der Waals surface area contributed by atoms with Crippen LogP contribution in [0.25, 0.3) is 11.5 Å². The maximum absolute atomic E-state index is 12.2. The van der Waals surface area contributed by atoms with E-state index in [9.17, 15) is 4.79 Å². The van der Waals surface area contributed by atoms with E-state index in [1.54, 1.807) is 0 Å². The van der Waals surface area contributed by atoms with Crippen LogP contribution in [0.4, 0.5) is 5.95 Å². The second kappa shape index (κ2) is 7.47. The van der Waals surface area contributed by atoms with Crippen LogP contribution in [0.3, 0.4) is 0 Å². The molecule has 1 saturated carbocycles. The van der Waals surface area contributed by atoms with Gasteiger partial charge in [-0.2, -0.15) is 4.98 Å². The summed E-state index contributed by atoms with van der Waals surface area (Å²) in [5.41, 5.74) is 0.899. The molecule has 1 fully saturated rings. The zero-order valence-electron chi connectivity index (χ0n) is 14.2. The van der Waals surface area contributed by atoms with Gasteiger partial charge in [-0.25, -0.2) is 0 Å². The summed E-state index contributed by atoms with van der Waals surface area (Å²) in [5, 5.41) is 10.3. The van der Waals surface area contributed by atoms with Gasteiger partial charge in [0.1, 0.15) is 0 Å². The molecule has 0 radical (unpaired) electrons. The Balaban J connectivity index is 1.60. The molecule has 3 rings (SSSR count). The molecule has 1 aliphatic rings. The van der Waals surface area contributed by atoms with Crippen LogP contribution < -0.4 is 10.6 Å². The van der Waals surface area contributed by atoms with E-state index in [0.717, 1.165) is 31.2 Å². The van der Waals surface area contributed by atoms with E-state index in [4.69, 9.17) is 4.52 Å². The number of nitrogens with zero attached hydrogens (tertiary/aromatic N) is 2. The average Bonchev–Trinajstić information content (AvgIpc) is 3.04. The lowest BCUT2D eigenvalue weighted by Crippen LogP contribution is -2.40. The summed E-state index contributed by atoms with van der Waals surface area (Å²) in [4.78, 5) is 16.6. The van der Waals surface area contributed by atoms with E-state index >= 15 is 0 Å². The lowest BCUT2D eigenvalue weighted by molar-refractivity contribution is -0.126. The van der Waals surface area contributed by atoms with E-state index in [1.165, 1.54) is 0 Å². The number of carbonyl (C=O) groups is 1. The molecule has 2 unspecified atom stereocenters. The molecular weight excluding hydrogens is 304 g/mol. The van der Waals surface area contributed by atoms with Crippen molar-refractivity contribution in [1.82, 2.24) is 15.5 Å². The molecule has 24 heavy (non-hydrogen) atoms. The van der Waals surface area contributed by atoms with Crippen LogP contribution in [0.2, 0.25) is 0 Å². The lowest BCUT2D eigenvalue weighted by atomic mass is 9.85. The minimum absolute atomic E-state index is 0.0548. The number of nitrogens with one attached hydrogen (secondary N) is 2. The first-order valence-corrected chi connectivity index (χ1v) is 8.58. The minimum Gasteiger partial charge on any atom is -0.354 e. The molecule has 1 aromatic carbocycles. The van der Waals surface area contributed by atoms with Crippen molar-refractivity contribution in [1.29, 1.82) is 0 Å². The van der Waals surface area contributed by atoms with Gasteiger partial charge in [0.15, 0.2) is 0 Å². The number of hydrogen-bond donors (Lipinski definition) is 2. The van der Waals surface area contributed by atoms with Gasteiger partial charge in [0.2, 0.25) is 5.91 Å². The Morgan fingerprint density at radius 2 is 2.04 bits per heavy atom. The molecule has 0 saturated heterocycles. The highest BCUT2D eigenvalue weighted by Gasteiger charge is 2.28. The summed E-state index contributed by atoms with van der Waals surface area (Å²) in [7, 11) is 0. The van der Waals surface area contributed by atoms with Crippen molar-refractivity contribution in [3.63, 3.8) is 0 Å². The van der Waals surface area contributed by atoms with Crippen LogP contribution in [0.15, 0.2) is 34.9 Å². The fourth-order valence-electron chi connectivity index (χ4n) is 3.12. The summed E-state index contributed by atoms with van der Waals surface area (Å²) in [6.07, 6.45) is 3.78. The molecule has 6 nitrogen and oxygen atoms in total. The van der Waals surface area contributed by atoms with Crippen molar-refractivity contribution < 1.29 is 9.32 Å². The fraction of sp³-hybridized carbons (Fsp3) is 0.500. The van der Waals surface area contributed by atoms with E-state index in [-0.39, 0.29) is 23.9 Å². The van der Waals surface area contributed by atoms with E-state index in [0.29, 0.717) is 11.8 Å². The Labute approximate surface area is 142 Å². The molecule has 2 N–H and O–H groups in total. The predicted molar refractivity (Wildman–Crippen MR) is 92.4 cm³/mol. The predicted octanol–water partition coefficient (Wildman–Crippen LogP) is 3.23. The molecule has 1 aliphatic carbocycles. The molecule has 6 heteroatoms. The van der Waals surface area contributed by atoms with Gasteiger partial charge in [-0.05, 0) is 50.4 Å². The van der Waals surface area contributed by atoms with Crippen molar-refractivity contribution in [2.75, 3.05) is 5.32 Å². The molecule has 0 bridgehead atoms. The number of aromatic nitrogens is 2. The van der Waals surface area contributed by atoms with Gasteiger partial charge in [0, 0.05) is 23.6 Å². The largest absolute Gasteiger partial charge is 0.354 e. The highest BCUT2D eigenvalue weighted by molar-refractivity contribution is 5.79. The number of hydrogen-bond acceptors (Lipinski definition) is 5. The van der Waals surface area contributed by atoms with E-state index < -0.39 is 0 Å². The summed E-state index contributed by atoms with van der Waals surface area (Å²) in [6, 6.07) is 10.1. The zero-order valence-corrected chi connectivity index (χ0v) is 14.2. The molecule has 1 aromatic heterocycles. The Kier molecular flexibility index (Phi) is 5.13. The van der Waals surface area contributed by atoms with Crippen molar-refractivity contribution in [3.8, 4) is 11.5 Å². The Bertz CT molecular complexity index is 669. The Hall–Kier alpha value is -2.37. The summed E-state index contributed by atoms with van der Waals surface area (Å²) in [5.74, 6) is 1.19. The van der Waals surface area contributed by atoms with Crippen LogP contribution in [-0.4, -0.2) is 28.1 Å². The molecular formula is C18H24N4O2. The smallest absolute Gasteiger partial charge is 0.263 e. The third kappa shape index (κ3) is 4.13. The zero-order chi connectivity index (χ0) is 16.9. The van der Waals surface area contributed by atoms with Gasteiger partial charge < -0.3 is 15.2 Å². The van der Waals surface area contributed by atoms with Crippen LogP contribution >= 0.6 is 0 Å². The first-order valence-electron chi connectivity index (χ1n) is 8.58. The van der Waals surface area contributed by atoms with Gasteiger partial charge in [-0.1, -0.05) is 24.6 Å². The number of anilines is 1. The average molecular weight is 328 g/mol. The number of amides is 1. The topological polar surface area (TPSA) is 80.0 Å².